The topological polar surface area (TPSA) is 81.0 Å². The van der Waals surface area contributed by atoms with Crippen molar-refractivity contribution in [1.29, 1.82) is 0 Å². The van der Waals surface area contributed by atoms with Crippen LogP contribution in [-0.2, 0) is 4.79 Å². The molecule has 0 N–H and O–H groups in total. The predicted octanol–water partition coefficient (Wildman–Crippen LogP) is 2.47. The van der Waals surface area contributed by atoms with Crippen LogP contribution in [0.2, 0.25) is 0 Å². The molecular weight excluding hydrogens is 234 g/mol. The van der Waals surface area contributed by atoms with E-state index in [2.05, 4.69) is 15.2 Å². The van der Waals surface area contributed by atoms with E-state index in [0.717, 1.165) is 0 Å². The number of ether oxygens (including phenoxy) is 1. The number of carbonyl (C=O) groups is 1. The first-order valence-corrected chi connectivity index (χ1v) is 5.23. The molecule has 0 bridgehead atoms. The summed E-state index contributed by atoms with van der Waals surface area (Å²) in [6, 6.07) is 3.46. The Morgan fingerprint density at radius 2 is 2.06 bits per heavy atom. The quantitative estimate of drug-likeness (QED) is 0.355. The van der Waals surface area contributed by atoms with Crippen molar-refractivity contribution in [3.63, 3.8) is 0 Å². The normalized spacial score (nSPS) is 12.7. The van der Waals surface area contributed by atoms with Crippen molar-refractivity contribution in [1.82, 2.24) is 4.98 Å². The average molecular weight is 247 g/mol. The van der Waals surface area contributed by atoms with E-state index in [1.165, 1.54) is 6.92 Å². The van der Waals surface area contributed by atoms with Crippen LogP contribution in [-0.4, -0.2) is 16.8 Å². The molecule has 0 atom stereocenters. The number of hydrogen-bond donors (Lipinski definition) is 0. The minimum Gasteiger partial charge on any atom is -0.442 e. The van der Waals surface area contributed by atoms with Gasteiger partial charge in [-0.3, -0.25) is 9.78 Å². The summed E-state index contributed by atoms with van der Waals surface area (Å²) in [5.41, 5.74) is 0.583. The minimum atomic E-state index is -0.828. The predicted molar refractivity (Wildman–Crippen MR) is 67.2 cm³/mol. The van der Waals surface area contributed by atoms with Gasteiger partial charge in [-0.1, -0.05) is 0 Å². The monoisotopic (exact) mass is 247 g/mol. The molecule has 0 saturated carbocycles. The number of hydrogen-bond acceptors (Lipinski definition) is 5. The molecule has 0 aliphatic carbocycles. The second kappa shape index (κ2) is 6.39. The van der Waals surface area contributed by atoms with Gasteiger partial charge in [0.25, 0.3) is 0 Å². The average Bonchev–Trinajstić information content (AvgIpc) is 2.37. The first kappa shape index (κ1) is 13.7. The second-order valence-electron chi connectivity index (χ2n) is 3.53. The lowest BCUT2D eigenvalue weighted by atomic mass is 10.2. The molecule has 1 heterocycles. The van der Waals surface area contributed by atoms with E-state index in [-0.39, 0.29) is 5.57 Å². The van der Waals surface area contributed by atoms with Gasteiger partial charge in [0, 0.05) is 29.6 Å². The minimum absolute atomic E-state index is 0.194. The Morgan fingerprint density at radius 3 is 2.61 bits per heavy atom. The van der Waals surface area contributed by atoms with Crippen LogP contribution in [0.15, 0.2) is 46.0 Å². The van der Waals surface area contributed by atoms with Gasteiger partial charge in [0.1, 0.15) is 5.75 Å². The smallest absolute Gasteiger partial charge is 0.314 e. The molecule has 1 rings (SSSR count). The molecule has 18 heavy (non-hydrogen) atoms. The first-order chi connectivity index (χ1) is 8.54. The number of nitrogens with zero attached hydrogens (tertiary/aromatic N) is 3. The van der Waals surface area contributed by atoms with Gasteiger partial charge in [-0.05, 0) is 26.0 Å². The maximum Gasteiger partial charge on any atom is 0.314 e. The number of aliphatic imine (C=N–C) groups is 1. The number of pyridine rings is 1. The molecule has 0 radical (unpaired) electrons. The fraction of sp³-hybridized carbons (Fsp3) is 0.250. The third-order valence-electron chi connectivity index (χ3n) is 2.17. The van der Waals surface area contributed by atoms with Crippen molar-refractivity contribution in [3.05, 3.63) is 40.7 Å². The second-order valence-corrected chi connectivity index (χ2v) is 3.53. The van der Waals surface area contributed by atoms with Gasteiger partial charge < -0.3 is 4.74 Å². The summed E-state index contributed by atoms with van der Waals surface area (Å²) in [4.78, 5) is 29.1. The highest BCUT2D eigenvalue weighted by atomic mass is 16.5. The van der Waals surface area contributed by atoms with E-state index in [4.69, 9.17) is 4.74 Å². The van der Waals surface area contributed by atoms with Crippen molar-refractivity contribution in [2.24, 2.45) is 10.2 Å². The van der Waals surface area contributed by atoms with E-state index < -0.39 is 5.91 Å². The summed E-state index contributed by atoms with van der Waals surface area (Å²) in [7, 11) is 0. The van der Waals surface area contributed by atoms with Crippen LogP contribution < -0.4 is 4.74 Å². The lowest BCUT2D eigenvalue weighted by molar-refractivity contribution is -0.114. The number of rotatable bonds is 3. The SMILES string of the molecule is CC(=N/C(C)=C(\C)C(=O)N=O)Oc1cccnc1. The third-order valence-corrected chi connectivity index (χ3v) is 2.17. The molecule has 0 fully saturated rings. The lowest BCUT2D eigenvalue weighted by Crippen LogP contribution is -2.05. The van der Waals surface area contributed by atoms with Gasteiger partial charge in [0.15, 0.2) is 5.90 Å². The summed E-state index contributed by atoms with van der Waals surface area (Å²) < 4.78 is 5.38. The molecule has 0 spiro atoms. The zero-order chi connectivity index (χ0) is 13.5. The van der Waals surface area contributed by atoms with Crippen molar-refractivity contribution in [3.8, 4) is 5.75 Å². The van der Waals surface area contributed by atoms with Crippen molar-refractivity contribution >= 4 is 11.8 Å². The van der Waals surface area contributed by atoms with E-state index in [1.807, 2.05) is 0 Å². The number of allylic oxidation sites excluding steroid dienone is 1. The molecule has 0 aliphatic rings. The molecule has 1 aromatic heterocycles. The fourth-order valence-electron chi connectivity index (χ4n) is 1.14. The Labute approximate surface area is 104 Å². The van der Waals surface area contributed by atoms with E-state index in [0.29, 0.717) is 17.3 Å². The molecule has 6 heteroatoms. The Morgan fingerprint density at radius 1 is 1.33 bits per heavy atom. The standard InChI is InChI=1S/C12H13N3O3/c1-8(12(16)15-17)9(2)14-10(3)18-11-5-4-6-13-7-11/h4-7H,1-3H3/b9-8+,14-10?. The zero-order valence-corrected chi connectivity index (χ0v) is 10.4. The van der Waals surface area contributed by atoms with Crippen LogP contribution >= 0.6 is 0 Å². The maximum atomic E-state index is 11.0. The summed E-state index contributed by atoms with van der Waals surface area (Å²) in [6.45, 7) is 4.73. The Hall–Kier alpha value is -2.37. The highest BCUT2D eigenvalue weighted by Crippen LogP contribution is 2.10. The van der Waals surface area contributed by atoms with Crippen LogP contribution in [0.3, 0.4) is 0 Å². The number of aromatic nitrogens is 1. The van der Waals surface area contributed by atoms with Gasteiger partial charge in [-0.15, -0.1) is 4.91 Å². The molecule has 0 aliphatic heterocycles. The van der Waals surface area contributed by atoms with E-state index in [9.17, 15) is 9.70 Å². The highest BCUT2D eigenvalue weighted by Gasteiger charge is 2.07. The molecular formula is C12H13N3O3. The Balaban J connectivity index is 2.84. The molecule has 6 nitrogen and oxygen atoms in total. The molecule has 0 aromatic carbocycles. The van der Waals surface area contributed by atoms with Gasteiger partial charge in [0.05, 0.1) is 6.20 Å². The molecule has 1 aromatic rings. The van der Waals surface area contributed by atoms with Crippen LogP contribution in [0.4, 0.5) is 0 Å². The van der Waals surface area contributed by atoms with Gasteiger partial charge in [-0.25, -0.2) is 4.99 Å². The van der Waals surface area contributed by atoms with Crippen LogP contribution in [0.1, 0.15) is 20.8 Å². The van der Waals surface area contributed by atoms with Gasteiger partial charge >= 0.3 is 5.91 Å². The third kappa shape index (κ3) is 3.89. The highest BCUT2D eigenvalue weighted by molar-refractivity contribution is 5.94. The van der Waals surface area contributed by atoms with E-state index in [1.54, 1.807) is 38.4 Å². The van der Waals surface area contributed by atoms with Gasteiger partial charge in [-0.2, -0.15) is 0 Å². The first-order valence-electron chi connectivity index (χ1n) is 5.23. The zero-order valence-electron chi connectivity index (χ0n) is 10.4. The largest absolute Gasteiger partial charge is 0.442 e. The van der Waals surface area contributed by atoms with Gasteiger partial charge in [0.2, 0.25) is 0 Å². The number of carbonyl (C=O) groups excluding carboxylic acids is 1. The maximum absolute atomic E-state index is 11.0. The molecule has 94 valence electrons. The summed E-state index contributed by atoms with van der Waals surface area (Å²) >= 11 is 0. The van der Waals surface area contributed by atoms with Crippen LogP contribution in [0.5, 0.6) is 5.75 Å². The van der Waals surface area contributed by atoms with Crippen molar-refractivity contribution < 1.29 is 9.53 Å². The van der Waals surface area contributed by atoms with Crippen molar-refractivity contribution in [2.75, 3.05) is 0 Å². The van der Waals surface area contributed by atoms with Crippen LogP contribution in [0.25, 0.3) is 0 Å². The Kier molecular flexibility index (Phi) is 4.86. The van der Waals surface area contributed by atoms with Crippen molar-refractivity contribution in [2.45, 2.75) is 20.8 Å². The lowest BCUT2D eigenvalue weighted by Gasteiger charge is -2.04. The molecule has 0 saturated heterocycles. The Bertz CT molecular complexity index is 507. The number of nitroso groups, excluding NO2 is 1. The summed E-state index contributed by atoms with van der Waals surface area (Å²) in [5, 5.41) is 2.33. The molecule has 1 amide bonds. The fourth-order valence-corrected chi connectivity index (χ4v) is 1.14. The summed E-state index contributed by atoms with van der Waals surface area (Å²) in [6.07, 6.45) is 3.17. The summed E-state index contributed by atoms with van der Waals surface area (Å²) in [5.74, 6) is 0.0630. The van der Waals surface area contributed by atoms with Crippen LogP contribution in [0, 0.1) is 4.91 Å². The number of amides is 1. The van der Waals surface area contributed by atoms with E-state index >= 15 is 0 Å². The molecule has 0 unspecified atom stereocenters.